The first-order valence-corrected chi connectivity index (χ1v) is 12.7. The Balaban J connectivity index is 0.00000167. The SMILES string of the molecule is CC.CCOC(=O)c1sc(Nc2ccc(CCNc3nc4ccccc4s3)cc2)nc1C(F)(F)F. The number of carbonyl (C=O) groups is 1. The van der Waals surface area contributed by atoms with Crippen LogP contribution in [0.1, 0.15) is 41.7 Å². The minimum atomic E-state index is -4.75. The highest BCUT2D eigenvalue weighted by atomic mass is 32.1. The van der Waals surface area contributed by atoms with Gasteiger partial charge in [-0.25, -0.2) is 14.8 Å². The van der Waals surface area contributed by atoms with Gasteiger partial charge in [0.05, 0.1) is 16.8 Å². The summed E-state index contributed by atoms with van der Waals surface area (Å²) in [5.74, 6) is -1.04. The summed E-state index contributed by atoms with van der Waals surface area (Å²) in [6.45, 7) is 6.20. The van der Waals surface area contributed by atoms with Crippen LogP contribution in [-0.2, 0) is 17.3 Å². The lowest BCUT2D eigenvalue weighted by Crippen LogP contribution is -2.13. The van der Waals surface area contributed by atoms with Crippen LogP contribution in [0.15, 0.2) is 48.5 Å². The number of halogens is 3. The quantitative estimate of drug-likeness (QED) is 0.235. The molecular weight excluding hydrogens is 497 g/mol. The Morgan fingerprint density at radius 1 is 1.00 bits per heavy atom. The number of nitrogens with zero attached hydrogens (tertiary/aromatic N) is 2. The number of thiazole rings is 2. The summed E-state index contributed by atoms with van der Waals surface area (Å²) in [5, 5.41) is 6.97. The number of alkyl halides is 3. The molecule has 0 radical (unpaired) electrons. The molecule has 0 bridgehead atoms. The molecule has 35 heavy (non-hydrogen) atoms. The van der Waals surface area contributed by atoms with Gasteiger partial charge in [-0.1, -0.05) is 60.8 Å². The maximum Gasteiger partial charge on any atom is 0.435 e. The largest absolute Gasteiger partial charge is 0.462 e. The molecule has 0 saturated carbocycles. The lowest BCUT2D eigenvalue weighted by molar-refractivity contribution is -0.141. The summed E-state index contributed by atoms with van der Waals surface area (Å²) in [4.78, 5) is 19.4. The van der Waals surface area contributed by atoms with Crippen molar-refractivity contribution in [3.05, 3.63) is 64.7 Å². The third-order valence-electron chi connectivity index (χ3n) is 4.55. The lowest BCUT2D eigenvalue weighted by Gasteiger charge is -2.06. The fourth-order valence-electron chi connectivity index (χ4n) is 3.04. The van der Waals surface area contributed by atoms with Gasteiger partial charge in [0.25, 0.3) is 0 Å². The highest BCUT2D eigenvalue weighted by molar-refractivity contribution is 7.22. The molecule has 2 N–H and O–H groups in total. The highest BCUT2D eigenvalue weighted by Gasteiger charge is 2.40. The summed E-state index contributed by atoms with van der Waals surface area (Å²) >= 11 is 2.21. The van der Waals surface area contributed by atoms with E-state index in [0.717, 1.165) is 27.3 Å². The van der Waals surface area contributed by atoms with E-state index in [1.54, 1.807) is 23.5 Å². The van der Waals surface area contributed by atoms with Crippen LogP contribution in [0.4, 0.5) is 29.1 Å². The molecule has 4 aromatic rings. The molecule has 0 fully saturated rings. The number of esters is 1. The maximum absolute atomic E-state index is 13.3. The van der Waals surface area contributed by atoms with E-state index in [2.05, 4.69) is 20.6 Å². The van der Waals surface area contributed by atoms with E-state index in [9.17, 15) is 18.0 Å². The molecule has 2 aromatic carbocycles. The van der Waals surface area contributed by atoms with Gasteiger partial charge in [0.15, 0.2) is 16.0 Å². The maximum atomic E-state index is 13.3. The molecule has 2 aromatic heterocycles. The third-order valence-corrected chi connectivity index (χ3v) is 6.49. The van der Waals surface area contributed by atoms with Crippen molar-refractivity contribution in [3.63, 3.8) is 0 Å². The number of para-hydroxylation sites is 1. The molecular formula is C24H25F3N4O2S2. The van der Waals surface area contributed by atoms with Gasteiger partial charge < -0.3 is 15.4 Å². The first-order valence-electron chi connectivity index (χ1n) is 11.0. The van der Waals surface area contributed by atoms with Gasteiger partial charge in [0.2, 0.25) is 0 Å². The zero-order valence-corrected chi connectivity index (χ0v) is 21.0. The van der Waals surface area contributed by atoms with Crippen molar-refractivity contribution in [2.24, 2.45) is 0 Å². The fraction of sp³-hybridized carbons (Fsp3) is 0.292. The number of aromatic nitrogens is 2. The predicted octanol–water partition coefficient (Wildman–Crippen LogP) is 7.37. The molecule has 4 rings (SSSR count). The van der Waals surface area contributed by atoms with Crippen molar-refractivity contribution in [1.29, 1.82) is 0 Å². The zero-order chi connectivity index (χ0) is 25.4. The summed E-state index contributed by atoms with van der Waals surface area (Å²) in [7, 11) is 0. The van der Waals surface area contributed by atoms with Gasteiger partial charge in [-0.2, -0.15) is 13.2 Å². The van der Waals surface area contributed by atoms with Crippen LogP contribution in [0.25, 0.3) is 10.2 Å². The average molecular weight is 523 g/mol. The number of benzene rings is 2. The average Bonchev–Trinajstić information content (AvgIpc) is 3.46. The van der Waals surface area contributed by atoms with Crippen molar-refractivity contribution in [3.8, 4) is 0 Å². The van der Waals surface area contributed by atoms with Crippen LogP contribution in [0.3, 0.4) is 0 Å². The van der Waals surface area contributed by atoms with Crippen LogP contribution < -0.4 is 10.6 Å². The van der Waals surface area contributed by atoms with Gasteiger partial charge in [-0.15, -0.1) is 0 Å². The molecule has 186 valence electrons. The number of carbonyl (C=O) groups excluding carboxylic acids is 1. The third kappa shape index (κ3) is 6.92. The molecule has 11 heteroatoms. The molecule has 0 unspecified atom stereocenters. The van der Waals surface area contributed by atoms with E-state index in [1.807, 2.05) is 50.2 Å². The van der Waals surface area contributed by atoms with Gasteiger partial charge >= 0.3 is 12.1 Å². The Hall–Kier alpha value is -3.18. The second kappa shape index (κ2) is 12.0. The Kier molecular flexibility index (Phi) is 9.05. The van der Waals surface area contributed by atoms with Gasteiger partial charge in [-0.05, 0) is 43.2 Å². The summed E-state index contributed by atoms with van der Waals surface area (Å²) in [6, 6.07) is 15.2. The van der Waals surface area contributed by atoms with Crippen molar-refractivity contribution in [2.45, 2.75) is 33.4 Å². The Morgan fingerprint density at radius 2 is 1.71 bits per heavy atom. The standard InChI is InChI=1S/C22H19F3N4O2S2.C2H6/c1-2-31-19(30)17-18(22(23,24)25)29-21(33-17)27-14-9-7-13(8-10-14)11-12-26-20-28-15-5-3-4-6-16(15)32-20;1-2/h3-10H,2,11-12H2,1H3,(H,26,28)(H,27,29);1-2H3. The number of fused-ring (bicyclic) bond motifs is 1. The summed E-state index contributed by atoms with van der Waals surface area (Å²) in [6.07, 6.45) is -4.00. The topological polar surface area (TPSA) is 76.1 Å². The molecule has 2 heterocycles. The van der Waals surface area contributed by atoms with Crippen molar-refractivity contribution in [1.82, 2.24) is 9.97 Å². The van der Waals surface area contributed by atoms with E-state index < -0.39 is 22.7 Å². The predicted molar refractivity (Wildman–Crippen MR) is 136 cm³/mol. The molecule has 0 aliphatic heterocycles. The Morgan fingerprint density at radius 3 is 2.37 bits per heavy atom. The molecule has 6 nitrogen and oxygen atoms in total. The summed E-state index contributed by atoms with van der Waals surface area (Å²) in [5.41, 5.74) is 1.33. The number of nitrogens with one attached hydrogen (secondary N) is 2. The van der Waals surface area contributed by atoms with Crippen molar-refractivity contribution < 1.29 is 22.7 Å². The van der Waals surface area contributed by atoms with E-state index in [-0.39, 0.29) is 11.7 Å². The Labute approximate surface area is 209 Å². The first-order chi connectivity index (χ1) is 16.8. The summed E-state index contributed by atoms with van der Waals surface area (Å²) < 4.78 is 45.6. The van der Waals surface area contributed by atoms with Crippen LogP contribution in [-0.4, -0.2) is 29.1 Å². The van der Waals surface area contributed by atoms with Gasteiger partial charge in [0.1, 0.15) is 4.88 Å². The highest BCUT2D eigenvalue weighted by Crippen LogP contribution is 2.37. The second-order valence-corrected chi connectivity index (χ2v) is 8.93. The zero-order valence-electron chi connectivity index (χ0n) is 19.4. The first kappa shape index (κ1) is 26.4. The molecule has 0 spiro atoms. The number of hydrogen-bond acceptors (Lipinski definition) is 8. The van der Waals surface area contributed by atoms with E-state index in [1.165, 1.54) is 6.92 Å². The molecule has 0 aliphatic carbocycles. The molecule has 0 aliphatic rings. The number of anilines is 3. The van der Waals surface area contributed by atoms with Crippen molar-refractivity contribution in [2.75, 3.05) is 23.8 Å². The van der Waals surface area contributed by atoms with Crippen LogP contribution in [0, 0.1) is 0 Å². The normalized spacial score (nSPS) is 11.0. The monoisotopic (exact) mass is 522 g/mol. The van der Waals surface area contributed by atoms with Gasteiger partial charge in [-0.3, -0.25) is 0 Å². The minimum absolute atomic E-state index is 0.0217. The number of ether oxygens (including phenoxy) is 1. The van der Waals surface area contributed by atoms with E-state index >= 15 is 0 Å². The van der Waals surface area contributed by atoms with Gasteiger partial charge in [0, 0.05) is 12.2 Å². The lowest BCUT2D eigenvalue weighted by atomic mass is 10.1. The molecule has 0 amide bonds. The smallest absolute Gasteiger partial charge is 0.435 e. The second-order valence-electron chi connectivity index (χ2n) is 6.90. The number of rotatable bonds is 8. The van der Waals surface area contributed by atoms with E-state index in [4.69, 9.17) is 4.74 Å². The van der Waals surface area contributed by atoms with Crippen LogP contribution in [0.2, 0.25) is 0 Å². The molecule has 0 saturated heterocycles. The van der Waals surface area contributed by atoms with Crippen LogP contribution >= 0.6 is 22.7 Å². The van der Waals surface area contributed by atoms with E-state index in [0.29, 0.717) is 23.6 Å². The van der Waals surface area contributed by atoms with Crippen molar-refractivity contribution >= 4 is 54.8 Å². The fourth-order valence-corrected chi connectivity index (χ4v) is 4.83. The molecule has 0 atom stereocenters. The van der Waals surface area contributed by atoms with Crippen LogP contribution in [0.5, 0.6) is 0 Å². The minimum Gasteiger partial charge on any atom is -0.462 e. The Bertz CT molecular complexity index is 1220. The number of hydrogen-bond donors (Lipinski definition) is 2.